The summed E-state index contributed by atoms with van der Waals surface area (Å²) >= 11 is 0. The number of nitrogens with zero attached hydrogens (tertiary/aromatic N) is 1. The molecule has 2 rings (SSSR count). The van der Waals surface area contributed by atoms with Crippen LogP contribution in [0.15, 0.2) is 24.3 Å². The number of carbonyl (C=O) groups excluding carboxylic acids is 1. The molecule has 0 aromatic heterocycles. The zero-order chi connectivity index (χ0) is 17.1. The van der Waals surface area contributed by atoms with Gasteiger partial charge in [-0.3, -0.25) is 4.79 Å². The summed E-state index contributed by atoms with van der Waals surface area (Å²) in [4.78, 5) is 13.2. The van der Waals surface area contributed by atoms with Gasteiger partial charge in [0.05, 0.1) is 13.7 Å². The number of anilines is 1. The van der Waals surface area contributed by atoms with Crippen LogP contribution in [0.5, 0.6) is 5.75 Å². The fourth-order valence-corrected chi connectivity index (χ4v) is 2.67. The molecule has 0 radical (unpaired) electrons. The molecule has 0 spiro atoms. The van der Waals surface area contributed by atoms with Gasteiger partial charge in [0.25, 0.3) is 0 Å². The van der Waals surface area contributed by atoms with E-state index in [9.17, 15) is 20.1 Å². The highest BCUT2D eigenvalue weighted by Gasteiger charge is 2.47. The van der Waals surface area contributed by atoms with E-state index in [1.54, 1.807) is 24.3 Å². The van der Waals surface area contributed by atoms with Gasteiger partial charge in [0.2, 0.25) is 5.91 Å². The maximum Gasteiger partial charge on any atom is 0.224 e. The quantitative estimate of drug-likeness (QED) is 0.551. The Labute approximate surface area is 133 Å². The number of rotatable bonds is 4. The fraction of sp³-hybridized carbons (Fsp3) is 0.533. The predicted octanol–water partition coefficient (Wildman–Crippen LogP) is -1.15. The van der Waals surface area contributed by atoms with Gasteiger partial charge >= 0.3 is 0 Å². The number of methoxy groups -OCH3 is 1. The van der Waals surface area contributed by atoms with E-state index in [2.05, 4.69) is 0 Å². The maximum atomic E-state index is 12.0. The first-order valence-corrected chi connectivity index (χ1v) is 7.15. The molecule has 1 saturated heterocycles. The average molecular weight is 327 g/mol. The molecule has 1 amide bonds. The zero-order valence-corrected chi connectivity index (χ0v) is 12.9. The zero-order valence-electron chi connectivity index (χ0n) is 12.9. The third kappa shape index (κ3) is 3.46. The molecule has 128 valence electrons. The minimum atomic E-state index is -1.56. The van der Waals surface area contributed by atoms with E-state index in [-0.39, 0.29) is 0 Å². The summed E-state index contributed by atoms with van der Waals surface area (Å²) < 4.78 is 10.2. The molecular formula is C15H21NO7. The van der Waals surface area contributed by atoms with Crippen LogP contribution in [-0.2, 0) is 9.53 Å². The highest BCUT2D eigenvalue weighted by Crippen LogP contribution is 2.29. The summed E-state index contributed by atoms with van der Waals surface area (Å²) in [5.41, 5.74) is 0.402. The molecule has 1 aromatic rings. The highest BCUT2D eigenvalue weighted by molar-refractivity contribution is 5.92. The third-order valence-corrected chi connectivity index (χ3v) is 3.86. The number of hydrogen-bond donors (Lipinski definition) is 4. The van der Waals surface area contributed by atoms with Crippen molar-refractivity contribution < 1.29 is 34.7 Å². The second-order valence-corrected chi connectivity index (χ2v) is 5.31. The second-order valence-electron chi connectivity index (χ2n) is 5.31. The number of benzene rings is 1. The van der Waals surface area contributed by atoms with E-state index in [0.717, 1.165) is 4.90 Å². The van der Waals surface area contributed by atoms with Gasteiger partial charge in [-0.2, -0.15) is 0 Å². The van der Waals surface area contributed by atoms with Crippen molar-refractivity contribution >= 4 is 11.6 Å². The van der Waals surface area contributed by atoms with E-state index in [1.165, 1.54) is 14.0 Å². The van der Waals surface area contributed by atoms with Crippen molar-refractivity contribution in [2.75, 3.05) is 18.6 Å². The Morgan fingerprint density at radius 2 is 1.83 bits per heavy atom. The van der Waals surface area contributed by atoms with Gasteiger partial charge in [-0.25, -0.2) is 0 Å². The molecule has 0 saturated carbocycles. The Hall–Kier alpha value is -1.71. The predicted molar refractivity (Wildman–Crippen MR) is 79.9 cm³/mol. The molecule has 0 bridgehead atoms. The van der Waals surface area contributed by atoms with Crippen molar-refractivity contribution in [2.24, 2.45) is 0 Å². The van der Waals surface area contributed by atoms with Crippen LogP contribution in [-0.4, -0.2) is 70.7 Å². The van der Waals surface area contributed by atoms with Crippen molar-refractivity contribution in [1.29, 1.82) is 0 Å². The molecule has 23 heavy (non-hydrogen) atoms. The Kier molecular flexibility index (Phi) is 5.55. The van der Waals surface area contributed by atoms with Gasteiger partial charge in [0, 0.05) is 12.6 Å². The molecule has 8 heteroatoms. The number of carbonyl (C=O) groups is 1. The van der Waals surface area contributed by atoms with Crippen molar-refractivity contribution in [3.63, 3.8) is 0 Å². The minimum absolute atomic E-state index is 0.402. The van der Waals surface area contributed by atoms with E-state index in [0.29, 0.717) is 11.4 Å². The molecule has 8 nitrogen and oxygen atoms in total. The van der Waals surface area contributed by atoms with Gasteiger partial charge in [-0.05, 0) is 24.3 Å². The Balaban J connectivity index is 2.34. The number of hydrogen-bond acceptors (Lipinski definition) is 7. The highest BCUT2D eigenvalue weighted by atomic mass is 16.6. The molecule has 4 N–H and O–H groups in total. The topological polar surface area (TPSA) is 120 Å². The summed E-state index contributed by atoms with van der Waals surface area (Å²) in [5.74, 6) is 0.134. The Morgan fingerprint density at radius 3 is 2.30 bits per heavy atom. The second kappa shape index (κ2) is 7.24. The lowest BCUT2D eigenvalue weighted by Crippen LogP contribution is -2.65. The van der Waals surface area contributed by atoms with Gasteiger partial charge in [0.1, 0.15) is 30.1 Å². The molecule has 1 heterocycles. The van der Waals surface area contributed by atoms with E-state index in [1.807, 2.05) is 0 Å². The van der Waals surface area contributed by atoms with Crippen LogP contribution in [0.4, 0.5) is 5.69 Å². The summed E-state index contributed by atoms with van der Waals surface area (Å²) in [7, 11) is 1.51. The number of aliphatic hydroxyl groups excluding tert-OH is 4. The van der Waals surface area contributed by atoms with Gasteiger partial charge in [-0.1, -0.05) is 0 Å². The van der Waals surface area contributed by atoms with Crippen LogP contribution in [0.1, 0.15) is 6.92 Å². The number of ether oxygens (including phenoxy) is 2. The van der Waals surface area contributed by atoms with Crippen LogP contribution < -0.4 is 9.64 Å². The van der Waals surface area contributed by atoms with Crippen molar-refractivity contribution in [2.45, 2.75) is 37.6 Å². The van der Waals surface area contributed by atoms with Crippen molar-refractivity contribution in [3.05, 3.63) is 24.3 Å². The van der Waals surface area contributed by atoms with E-state index < -0.39 is 43.2 Å². The molecule has 1 fully saturated rings. The first kappa shape index (κ1) is 17.6. The number of aliphatic hydroxyl groups is 4. The minimum Gasteiger partial charge on any atom is -0.497 e. The monoisotopic (exact) mass is 327 g/mol. The molecule has 1 aliphatic rings. The van der Waals surface area contributed by atoms with Crippen LogP contribution in [0.25, 0.3) is 0 Å². The SMILES string of the molecule is COc1ccc(N(C(C)=O)[C@@H]2[C@@H](O)[C@H](O)[C@@H](CO)O[C@H]2O)cc1. The molecule has 0 unspecified atom stereocenters. The largest absolute Gasteiger partial charge is 0.497 e. The lowest BCUT2D eigenvalue weighted by atomic mass is 9.95. The Morgan fingerprint density at radius 1 is 1.22 bits per heavy atom. The summed E-state index contributed by atoms with van der Waals surface area (Å²) in [6, 6.07) is 5.22. The molecule has 5 atom stereocenters. The van der Waals surface area contributed by atoms with Crippen LogP contribution >= 0.6 is 0 Å². The normalized spacial score (nSPS) is 30.8. The molecule has 1 aromatic carbocycles. The van der Waals surface area contributed by atoms with Gasteiger partial charge in [0.15, 0.2) is 6.29 Å². The van der Waals surface area contributed by atoms with E-state index >= 15 is 0 Å². The lowest BCUT2D eigenvalue weighted by molar-refractivity contribution is -0.249. The lowest BCUT2D eigenvalue weighted by Gasteiger charge is -2.44. The number of amides is 1. The first-order valence-electron chi connectivity index (χ1n) is 7.15. The van der Waals surface area contributed by atoms with Gasteiger partial charge < -0.3 is 34.8 Å². The third-order valence-electron chi connectivity index (χ3n) is 3.86. The smallest absolute Gasteiger partial charge is 0.224 e. The van der Waals surface area contributed by atoms with Crippen molar-refractivity contribution in [1.82, 2.24) is 0 Å². The van der Waals surface area contributed by atoms with Crippen LogP contribution in [0.2, 0.25) is 0 Å². The average Bonchev–Trinajstić information content (AvgIpc) is 2.54. The molecule has 1 aliphatic heterocycles. The summed E-state index contributed by atoms with van der Waals surface area (Å²) in [5, 5.41) is 39.5. The fourth-order valence-electron chi connectivity index (χ4n) is 2.67. The first-order chi connectivity index (χ1) is 10.9. The summed E-state index contributed by atoms with van der Waals surface area (Å²) in [6.45, 7) is 0.707. The standard InChI is InChI=1S/C15H21NO7/c1-8(18)16(9-3-5-10(22-2)6-4-9)12-14(20)13(19)11(7-17)23-15(12)21/h3-6,11-15,17,19-21H,7H2,1-2H3/t11-,12-,13-,14-,15-/m1/s1. The van der Waals surface area contributed by atoms with Gasteiger partial charge in [-0.15, -0.1) is 0 Å². The molecular weight excluding hydrogens is 306 g/mol. The van der Waals surface area contributed by atoms with E-state index in [4.69, 9.17) is 14.6 Å². The van der Waals surface area contributed by atoms with Crippen LogP contribution in [0.3, 0.4) is 0 Å². The van der Waals surface area contributed by atoms with Crippen LogP contribution in [0, 0.1) is 0 Å². The molecule has 0 aliphatic carbocycles. The Bertz CT molecular complexity index is 535. The maximum absolute atomic E-state index is 12.0. The summed E-state index contributed by atoms with van der Waals surface area (Å²) in [6.07, 6.45) is -5.60. The van der Waals surface area contributed by atoms with Crippen molar-refractivity contribution in [3.8, 4) is 5.75 Å².